The first-order chi connectivity index (χ1) is 14.8. The van der Waals surface area contributed by atoms with Crippen LogP contribution in [0, 0.1) is 5.92 Å². The fourth-order valence-electron chi connectivity index (χ4n) is 4.12. The molecule has 2 aromatic heterocycles. The molecule has 0 aliphatic carbocycles. The van der Waals surface area contributed by atoms with Gasteiger partial charge in [-0.25, -0.2) is 9.97 Å². The molecule has 0 bridgehead atoms. The number of aromatic nitrogens is 3. The summed E-state index contributed by atoms with van der Waals surface area (Å²) in [6.07, 6.45) is 5.20. The van der Waals surface area contributed by atoms with Crippen LogP contribution in [0.3, 0.4) is 0 Å². The molecule has 1 aliphatic rings. The highest BCUT2D eigenvalue weighted by Crippen LogP contribution is 2.31. The molecule has 0 radical (unpaired) electrons. The summed E-state index contributed by atoms with van der Waals surface area (Å²) in [6.45, 7) is 1.60. The summed E-state index contributed by atoms with van der Waals surface area (Å²) in [4.78, 5) is 29.0. The highest BCUT2D eigenvalue weighted by Gasteiger charge is 2.27. The first kappa shape index (κ1) is 18.4. The smallest absolute Gasteiger partial charge is 0.166 e. The van der Waals surface area contributed by atoms with Gasteiger partial charge < -0.3 is 4.90 Å². The van der Waals surface area contributed by atoms with E-state index in [4.69, 9.17) is 9.97 Å². The van der Waals surface area contributed by atoms with Gasteiger partial charge in [0.15, 0.2) is 11.6 Å². The summed E-state index contributed by atoms with van der Waals surface area (Å²) in [5, 5.41) is 1.04. The van der Waals surface area contributed by atoms with E-state index in [1.54, 1.807) is 12.4 Å². The van der Waals surface area contributed by atoms with Gasteiger partial charge in [0.2, 0.25) is 0 Å². The van der Waals surface area contributed by atoms with Gasteiger partial charge in [-0.1, -0.05) is 42.5 Å². The zero-order chi connectivity index (χ0) is 20.3. The lowest BCUT2D eigenvalue weighted by Gasteiger charge is -2.33. The van der Waals surface area contributed by atoms with Crippen molar-refractivity contribution in [3.8, 4) is 11.4 Å². The van der Waals surface area contributed by atoms with E-state index in [0.29, 0.717) is 5.82 Å². The van der Waals surface area contributed by atoms with E-state index in [1.165, 1.54) is 0 Å². The number of pyridine rings is 1. The third-order valence-corrected chi connectivity index (χ3v) is 5.73. The number of hydrogen-bond donors (Lipinski definition) is 0. The van der Waals surface area contributed by atoms with Gasteiger partial charge in [-0.2, -0.15) is 0 Å². The number of para-hydroxylation sites is 1. The van der Waals surface area contributed by atoms with Crippen molar-refractivity contribution in [3.63, 3.8) is 0 Å². The highest BCUT2D eigenvalue weighted by molar-refractivity contribution is 5.98. The molecule has 0 N–H and O–H groups in total. The molecular formula is C25H22N4O. The third kappa shape index (κ3) is 3.54. The highest BCUT2D eigenvalue weighted by atomic mass is 16.1. The summed E-state index contributed by atoms with van der Waals surface area (Å²) < 4.78 is 0. The SMILES string of the molecule is O=C(c1ccccc1)C1CCN(c2nc(-c3cccnc3)nc3ccccc23)CC1. The number of fused-ring (bicyclic) bond motifs is 1. The summed E-state index contributed by atoms with van der Waals surface area (Å²) in [7, 11) is 0. The topological polar surface area (TPSA) is 59.0 Å². The van der Waals surface area contributed by atoms with Crippen LogP contribution in [-0.4, -0.2) is 33.8 Å². The Kier molecular flexibility index (Phi) is 4.93. The Morgan fingerprint density at radius 3 is 2.40 bits per heavy atom. The van der Waals surface area contributed by atoms with Crippen LogP contribution in [-0.2, 0) is 0 Å². The third-order valence-electron chi connectivity index (χ3n) is 5.73. The van der Waals surface area contributed by atoms with Crippen molar-refractivity contribution < 1.29 is 4.79 Å². The number of hydrogen-bond acceptors (Lipinski definition) is 5. The van der Waals surface area contributed by atoms with Gasteiger partial charge in [0.05, 0.1) is 5.52 Å². The molecule has 1 fully saturated rings. The van der Waals surface area contributed by atoms with Crippen molar-refractivity contribution in [1.82, 2.24) is 15.0 Å². The fourth-order valence-corrected chi connectivity index (χ4v) is 4.12. The number of carbonyl (C=O) groups excluding carboxylic acids is 1. The molecule has 1 saturated heterocycles. The quantitative estimate of drug-likeness (QED) is 0.466. The average Bonchev–Trinajstić information content (AvgIpc) is 2.84. The number of anilines is 1. The van der Waals surface area contributed by atoms with Crippen LogP contribution in [0.5, 0.6) is 0 Å². The Morgan fingerprint density at radius 1 is 0.867 bits per heavy atom. The Balaban J connectivity index is 1.43. The Labute approximate surface area is 175 Å². The minimum atomic E-state index is 0.0644. The van der Waals surface area contributed by atoms with E-state index in [1.807, 2.05) is 60.7 Å². The van der Waals surface area contributed by atoms with Crippen molar-refractivity contribution in [3.05, 3.63) is 84.7 Å². The second kappa shape index (κ2) is 8.03. The van der Waals surface area contributed by atoms with Gasteiger partial charge in [-0.15, -0.1) is 0 Å². The number of Topliss-reactive ketones (excluding diaryl/α,β-unsaturated/α-hetero) is 1. The van der Waals surface area contributed by atoms with Crippen molar-refractivity contribution in [2.24, 2.45) is 5.92 Å². The molecule has 148 valence electrons. The lowest BCUT2D eigenvalue weighted by atomic mass is 9.89. The van der Waals surface area contributed by atoms with Crippen LogP contribution in [0.1, 0.15) is 23.2 Å². The molecule has 5 heteroatoms. The van der Waals surface area contributed by atoms with Crippen molar-refractivity contribution in [2.75, 3.05) is 18.0 Å². The molecule has 1 aliphatic heterocycles. The van der Waals surface area contributed by atoms with E-state index < -0.39 is 0 Å². The molecule has 0 spiro atoms. The Morgan fingerprint density at radius 2 is 1.63 bits per heavy atom. The average molecular weight is 394 g/mol. The standard InChI is InChI=1S/C25H22N4O/c30-23(18-7-2-1-3-8-18)19-12-15-29(16-13-19)25-21-10-4-5-11-22(21)27-24(28-25)20-9-6-14-26-17-20/h1-11,14,17,19H,12-13,15-16H2. The van der Waals surface area contributed by atoms with Crippen LogP contribution >= 0.6 is 0 Å². The van der Waals surface area contributed by atoms with Crippen LogP contribution in [0.2, 0.25) is 0 Å². The molecule has 5 rings (SSSR count). The van der Waals surface area contributed by atoms with Crippen LogP contribution in [0.15, 0.2) is 79.1 Å². The molecular weight excluding hydrogens is 372 g/mol. The molecule has 3 heterocycles. The summed E-state index contributed by atoms with van der Waals surface area (Å²) in [5.74, 6) is 1.93. The minimum absolute atomic E-state index is 0.0644. The van der Waals surface area contributed by atoms with Crippen molar-refractivity contribution in [2.45, 2.75) is 12.8 Å². The lowest BCUT2D eigenvalue weighted by molar-refractivity contribution is 0.0900. The summed E-state index contributed by atoms with van der Waals surface area (Å²) >= 11 is 0. The first-order valence-electron chi connectivity index (χ1n) is 10.3. The van der Waals surface area contributed by atoms with Gasteiger partial charge in [-0.05, 0) is 37.1 Å². The van der Waals surface area contributed by atoms with E-state index in [-0.39, 0.29) is 11.7 Å². The number of benzene rings is 2. The van der Waals surface area contributed by atoms with Gasteiger partial charge in [-0.3, -0.25) is 9.78 Å². The Hall–Kier alpha value is -3.60. The van der Waals surface area contributed by atoms with Crippen LogP contribution in [0.4, 0.5) is 5.82 Å². The van der Waals surface area contributed by atoms with Crippen molar-refractivity contribution >= 4 is 22.5 Å². The summed E-state index contributed by atoms with van der Waals surface area (Å²) in [6, 6.07) is 21.6. The normalized spacial score (nSPS) is 14.7. The summed E-state index contributed by atoms with van der Waals surface area (Å²) in [5.41, 5.74) is 2.63. The van der Waals surface area contributed by atoms with Crippen molar-refractivity contribution in [1.29, 1.82) is 0 Å². The maximum absolute atomic E-state index is 12.8. The van der Waals surface area contributed by atoms with E-state index in [9.17, 15) is 4.79 Å². The lowest BCUT2D eigenvalue weighted by Crippen LogP contribution is -2.37. The molecule has 0 unspecified atom stereocenters. The maximum atomic E-state index is 12.8. The molecule has 0 saturated carbocycles. The molecule has 30 heavy (non-hydrogen) atoms. The van der Waals surface area contributed by atoms with E-state index >= 15 is 0 Å². The monoisotopic (exact) mass is 394 g/mol. The number of nitrogens with zero attached hydrogens (tertiary/aromatic N) is 4. The van der Waals surface area contributed by atoms with Crippen LogP contribution in [0.25, 0.3) is 22.3 Å². The van der Waals surface area contributed by atoms with Crippen LogP contribution < -0.4 is 4.90 Å². The largest absolute Gasteiger partial charge is 0.356 e. The number of ketones is 1. The molecule has 5 nitrogen and oxygen atoms in total. The molecule has 4 aromatic rings. The number of rotatable bonds is 4. The molecule has 0 amide bonds. The van der Waals surface area contributed by atoms with Gasteiger partial charge in [0, 0.05) is 47.9 Å². The van der Waals surface area contributed by atoms with Gasteiger partial charge >= 0.3 is 0 Å². The van der Waals surface area contributed by atoms with E-state index in [2.05, 4.69) is 16.0 Å². The minimum Gasteiger partial charge on any atom is -0.356 e. The second-order valence-electron chi connectivity index (χ2n) is 7.62. The van der Waals surface area contributed by atoms with Gasteiger partial charge in [0.25, 0.3) is 0 Å². The fraction of sp³-hybridized carbons (Fsp3) is 0.200. The number of piperidine rings is 1. The second-order valence-corrected chi connectivity index (χ2v) is 7.62. The predicted molar refractivity (Wildman–Crippen MR) is 118 cm³/mol. The zero-order valence-electron chi connectivity index (χ0n) is 16.6. The zero-order valence-corrected chi connectivity index (χ0v) is 16.6. The van der Waals surface area contributed by atoms with Gasteiger partial charge in [0.1, 0.15) is 5.82 Å². The Bertz CT molecular complexity index is 1170. The first-order valence-corrected chi connectivity index (χ1v) is 10.3. The number of carbonyl (C=O) groups is 1. The maximum Gasteiger partial charge on any atom is 0.166 e. The molecule has 0 atom stereocenters. The van der Waals surface area contributed by atoms with E-state index in [0.717, 1.165) is 53.8 Å². The predicted octanol–water partition coefficient (Wildman–Crippen LogP) is 4.79. The molecule has 2 aromatic carbocycles.